The molecular weight excluding hydrogens is 489 g/mol. The number of aromatic carboxylic acids is 1. The van der Waals surface area contributed by atoms with E-state index < -0.39 is 21.8 Å². The van der Waals surface area contributed by atoms with Crippen LogP contribution in [0.25, 0.3) is 0 Å². The average Bonchev–Trinajstić information content (AvgIpc) is 2.77. The number of nitrogens with zero attached hydrogens (tertiary/aromatic N) is 1. The standard InChI is InChI=1S/C23H21ClFNO5S2/c1-4-26(33(29,30)19-11-14(2)15(3)20(13-19)23(27)28)32-18-8-5-16(6-9-18)31-17-7-10-22(25)21(24)12-17/h5-13H,4H2,1-3H3,(H,27,28). The second-order valence-corrected chi connectivity index (χ2v) is 10.7. The molecule has 0 aliphatic rings. The summed E-state index contributed by atoms with van der Waals surface area (Å²) in [6.07, 6.45) is 0. The molecule has 0 bridgehead atoms. The van der Waals surface area contributed by atoms with Crippen molar-refractivity contribution in [3.8, 4) is 11.5 Å². The summed E-state index contributed by atoms with van der Waals surface area (Å²) in [5, 5.41) is 9.37. The summed E-state index contributed by atoms with van der Waals surface area (Å²) in [6, 6.07) is 13.4. The first kappa shape index (κ1) is 25.0. The Labute approximate surface area is 201 Å². The van der Waals surface area contributed by atoms with Gasteiger partial charge < -0.3 is 9.84 Å². The topological polar surface area (TPSA) is 83.9 Å². The van der Waals surface area contributed by atoms with E-state index in [0.717, 1.165) is 11.9 Å². The van der Waals surface area contributed by atoms with Crippen molar-refractivity contribution in [2.24, 2.45) is 0 Å². The van der Waals surface area contributed by atoms with Crippen LogP contribution in [0, 0.1) is 19.7 Å². The van der Waals surface area contributed by atoms with Gasteiger partial charge in [0.2, 0.25) is 0 Å². The molecule has 0 saturated heterocycles. The summed E-state index contributed by atoms with van der Waals surface area (Å²) in [7, 11) is -3.96. The third kappa shape index (κ3) is 5.67. The van der Waals surface area contributed by atoms with Gasteiger partial charge in [-0.3, -0.25) is 0 Å². The molecule has 0 spiro atoms. The third-order valence-corrected chi connectivity index (χ3v) is 8.53. The van der Waals surface area contributed by atoms with Crippen LogP contribution < -0.4 is 4.74 Å². The minimum Gasteiger partial charge on any atom is -0.478 e. The van der Waals surface area contributed by atoms with E-state index in [2.05, 4.69) is 0 Å². The summed E-state index contributed by atoms with van der Waals surface area (Å²) < 4.78 is 46.6. The Balaban J connectivity index is 1.81. The molecule has 3 rings (SSSR count). The predicted molar refractivity (Wildman–Crippen MR) is 126 cm³/mol. The van der Waals surface area contributed by atoms with E-state index in [1.165, 1.54) is 34.0 Å². The lowest BCUT2D eigenvalue weighted by molar-refractivity contribution is 0.0695. The van der Waals surface area contributed by atoms with Crippen LogP contribution >= 0.6 is 23.5 Å². The van der Waals surface area contributed by atoms with Crippen molar-refractivity contribution in [1.29, 1.82) is 0 Å². The maximum atomic E-state index is 13.3. The van der Waals surface area contributed by atoms with Gasteiger partial charge >= 0.3 is 5.97 Å². The molecule has 0 atom stereocenters. The van der Waals surface area contributed by atoms with Gasteiger partial charge in [-0.15, -0.1) is 3.71 Å². The van der Waals surface area contributed by atoms with E-state index >= 15 is 0 Å². The molecule has 10 heteroatoms. The monoisotopic (exact) mass is 509 g/mol. The molecule has 0 saturated carbocycles. The van der Waals surface area contributed by atoms with Gasteiger partial charge in [0.1, 0.15) is 17.3 Å². The van der Waals surface area contributed by atoms with Crippen molar-refractivity contribution in [3.05, 3.63) is 82.1 Å². The molecule has 6 nitrogen and oxygen atoms in total. The van der Waals surface area contributed by atoms with Crippen molar-refractivity contribution >= 4 is 39.5 Å². The molecule has 0 unspecified atom stereocenters. The Morgan fingerprint density at radius 1 is 1.09 bits per heavy atom. The summed E-state index contributed by atoms with van der Waals surface area (Å²) in [6.45, 7) is 5.18. The number of halogens is 2. The Kier molecular flexibility index (Phi) is 7.69. The number of sulfonamides is 1. The van der Waals surface area contributed by atoms with Gasteiger partial charge in [-0.25, -0.2) is 17.6 Å². The van der Waals surface area contributed by atoms with Crippen LogP contribution in [0.15, 0.2) is 64.4 Å². The fraction of sp³-hybridized carbons (Fsp3) is 0.174. The maximum Gasteiger partial charge on any atom is 0.336 e. The number of rotatable bonds is 8. The molecule has 33 heavy (non-hydrogen) atoms. The van der Waals surface area contributed by atoms with E-state index in [1.54, 1.807) is 45.0 Å². The van der Waals surface area contributed by atoms with Crippen LogP contribution in [0.1, 0.15) is 28.4 Å². The van der Waals surface area contributed by atoms with Gasteiger partial charge in [0.15, 0.2) is 0 Å². The molecular formula is C23H21ClFNO5S2. The van der Waals surface area contributed by atoms with Crippen LogP contribution in [0.5, 0.6) is 11.5 Å². The van der Waals surface area contributed by atoms with Gasteiger partial charge in [0, 0.05) is 17.5 Å². The van der Waals surface area contributed by atoms with E-state index in [1.807, 2.05) is 0 Å². The smallest absolute Gasteiger partial charge is 0.336 e. The highest BCUT2D eigenvalue weighted by atomic mass is 35.5. The zero-order valence-corrected chi connectivity index (χ0v) is 20.4. The van der Waals surface area contributed by atoms with E-state index in [0.29, 0.717) is 27.5 Å². The van der Waals surface area contributed by atoms with Crippen LogP contribution in [-0.2, 0) is 10.0 Å². The SMILES string of the molecule is CCN(Sc1ccc(Oc2ccc(F)c(Cl)c2)cc1)S(=O)(=O)c1cc(C)c(C)c(C(=O)O)c1. The molecule has 0 fully saturated rings. The van der Waals surface area contributed by atoms with Gasteiger partial charge in [-0.2, -0.15) is 0 Å². The second-order valence-electron chi connectivity index (χ2n) is 7.08. The first-order valence-corrected chi connectivity index (χ1v) is 12.4. The van der Waals surface area contributed by atoms with Gasteiger partial charge in [-0.1, -0.05) is 18.5 Å². The van der Waals surface area contributed by atoms with E-state index in [9.17, 15) is 22.7 Å². The maximum absolute atomic E-state index is 13.3. The Hall–Kier alpha value is -2.59. The zero-order chi connectivity index (χ0) is 24.3. The number of aryl methyl sites for hydroxylation is 1. The zero-order valence-electron chi connectivity index (χ0n) is 18.0. The van der Waals surface area contributed by atoms with Crippen LogP contribution in [0.2, 0.25) is 5.02 Å². The molecule has 174 valence electrons. The van der Waals surface area contributed by atoms with Crippen LogP contribution in [0.3, 0.4) is 0 Å². The molecule has 3 aromatic carbocycles. The second kappa shape index (κ2) is 10.1. The Bertz CT molecular complexity index is 1300. The van der Waals surface area contributed by atoms with Crippen molar-refractivity contribution in [3.63, 3.8) is 0 Å². The molecule has 1 N–H and O–H groups in total. The molecule has 3 aromatic rings. The molecule has 0 heterocycles. The first-order chi connectivity index (χ1) is 15.5. The molecule has 0 aromatic heterocycles. The number of benzene rings is 3. The van der Waals surface area contributed by atoms with Crippen molar-refractivity contribution in [2.75, 3.05) is 6.54 Å². The average molecular weight is 510 g/mol. The number of hydrogen-bond donors (Lipinski definition) is 1. The predicted octanol–water partition coefficient (Wildman–Crippen LogP) is 6.30. The van der Waals surface area contributed by atoms with Crippen molar-refractivity contribution in [2.45, 2.75) is 30.6 Å². The summed E-state index contributed by atoms with van der Waals surface area (Å²) in [5.74, 6) is -0.894. The quantitative estimate of drug-likeness (QED) is 0.358. The highest BCUT2D eigenvalue weighted by Gasteiger charge is 2.27. The fourth-order valence-corrected chi connectivity index (χ4v) is 5.83. The minimum absolute atomic E-state index is 0.0444. The van der Waals surface area contributed by atoms with Crippen molar-refractivity contribution in [1.82, 2.24) is 3.71 Å². The fourth-order valence-electron chi connectivity index (χ4n) is 2.96. The van der Waals surface area contributed by atoms with Gasteiger partial charge in [0.25, 0.3) is 10.0 Å². The third-order valence-electron chi connectivity index (χ3n) is 4.85. The summed E-state index contributed by atoms with van der Waals surface area (Å²) >= 11 is 6.77. The molecule has 0 amide bonds. The van der Waals surface area contributed by atoms with Crippen molar-refractivity contribution < 1.29 is 27.4 Å². The lowest BCUT2D eigenvalue weighted by Gasteiger charge is -2.20. The van der Waals surface area contributed by atoms with Gasteiger partial charge in [0.05, 0.1) is 15.5 Å². The van der Waals surface area contributed by atoms with E-state index in [4.69, 9.17) is 16.3 Å². The highest BCUT2D eigenvalue weighted by molar-refractivity contribution is 8.08. The lowest BCUT2D eigenvalue weighted by atomic mass is 10.0. The molecule has 0 radical (unpaired) electrons. The molecule has 0 aliphatic heterocycles. The summed E-state index contributed by atoms with van der Waals surface area (Å²) in [5.41, 5.74) is 1.06. The first-order valence-electron chi connectivity index (χ1n) is 9.81. The Morgan fingerprint density at radius 2 is 1.73 bits per heavy atom. The van der Waals surface area contributed by atoms with Gasteiger partial charge in [-0.05, 0) is 85.5 Å². The Morgan fingerprint density at radius 3 is 2.30 bits per heavy atom. The van der Waals surface area contributed by atoms with Crippen LogP contribution in [-0.4, -0.2) is 29.7 Å². The number of hydrogen-bond acceptors (Lipinski definition) is 5. The number of carboxylic acids is 1. The van der Waals surface area contributed by atoms with E-state index in [-0.39, 0.29) is 22.0 Å². The normalized spacial score (nSPS) is 11.6. The lowest BCUT2D eigenvalue weighted by Crippen LogP contribution is -2.25. The minimum atomic E-state index is -3.96. The number of carbonyl (C=O) groups is 1. The number of carboxylic acid groups (broad SMARTS) is 1. The van der Waals surface area contributed by atoms with Crippen LogP contribution in [0.4, 0.5) is 4.39 Å². The number of ether oxygens (including phenoxy) is 1. The highest BCUT2D eigenvalue weighted by Crippen LogP contribution is 2.33. The largest absolute Gasteiger partial charge is 0.478 e. The summed E-state index contributed by atoms with van der Waals surface area (Å²) in [4.78, 5) is 12.1. The molecule has 0 aliphatic carbocycles.